The Morgan fingerprint density at radius 2 is 1.09 bits per heavy atom. The Morgan fingerprint density at radius 1 is 0.543 bits per heavy atom. The van der Waals surface area contributed by atoms with Crippen LogP contribution in [0.15, 0.2) is 60.7 Å². The molecule has 0 radical (unpaired) electrons. The second-order valence-electron chi connectivity index (χ2n) is 9.12. The molecule has 0 saturated carbocycles. The highest BCUT2D eigenvalue weighted by Gasteiger charge is 2.23. The molecule has 0 fully saturated rings. The molecule has 35 heavy (non-hydrogen) atoms. The first-order valence-corrected chi connectivity index (χ1v) is 11.5. The summed E-state index contributed by atoms with van der Waals surface area (Å²) in [6.45, 7) is 11.7. The first kappa shape index (κ1) is 24.0. The number of nitrogens with zero attached hydrogens (tertiary/aromatic N) is 1. The smallest absolute Gasteiger partial charge is 0.151 e. The summed E-state index contributed by atoms with van der Waals surface area (Å²) in [5.74, 6) is 1.78. The Labute approximate surface area is 206 Å². The van der Waals surface area contributed by atoms with Crippen molar-refractivity contribution in [2.24, 2.45) is 0 Å². The lowest BCUT2D eigenvalue weighted by Gasteiger charge is -2.31. The van der Waals surface area contributed by atoms with Crippen molar-refractivity contribution in [3.63, 3.8) is 0 Å². The number of aromatic hydroxyl groups is 3. The fourth-order valence-electron chi connectivity index (χ4n) is 4.23. The van der Waals surface area contributed by atoms with Crippen LogP contribution in [0.25, 0.3) is 0 Å². The van der Waals surface area contributed by atoms with E-state index in [1.54, 1.807) is 30.3 Å². The number of hydrogen-bond donors (Lipinski definition) is 3. The van der Waals surface area contributed by atoms with Gasteiger partial charge in [0.2, 0.25) is 0 Å². The molecule has 0 aliphatic heterocycles. The zero-order chi connectivity index (χ0) is 25.4. The summed E-state index contributed by atoms with van der Waals surface area (Å²) >= 11 is 0. The minimum atomic E-state index is 0.158. The van der Waals surface area contributed by atoms with E-state index in [0.717, 1.165) is 50.4 Å². The number of para-hydroxylation sites is 2. The van der Waals surface area contributed by atoms with Crippen molar-refractivity contribution in [3.05, 3.63) is 94.0 Å². The number of aryl methyl sites for hydroxylation is 4. The number of benzene rings is 4. The minimum Gasteiger partial charge on any atom is -0.508 e. The fourth-order valence-corrected chi connectivity index (χ4v) is 4.23. The third-order valence-electron chi connectivity index (χ3n) is 6.55. The van der Waals surface area contributed by atoms with Crippen LogP contribution in [-0.2, 0) is 0 Å². The van der Waals surface area contributed by atoms with Crippen molar-refractivity contribution in [2.75, 3.05) is 4.90 Å². The molecule has 0 spiro atoms. The Kier molecular flexibility index (Phi) is 6.35. The first-order chi connectivity index (χ1) is 16.6. The van der Waals surface area contributed by atoms with Crippen molar-refractivity contribution in [1.29, 1.82) is 0 Å². The van der Waals surface area contributed by atoms with Crippen LogP contribution in [0.4, 0.5) is 17.1 Å². The van der Waals surface area contributed by atoms with Crippen molar-refractivity contribution in [2.45, 2.75) is 41.5 Å². The zero-order valence-electron chi connectivity index (χ0n) is 21.0. The van der Waals surface area contributed by atoms with Gasteiger partial charge in [-0.1, -0.05) is 12.1 Å². The molecule has 0 amide bonds. The highest BCUT2D eigenvalue weighted by Crippen LogP contribution is 2.47. The van der Waals surface area contributed by atoms with Crippen LogP contribution in [0.5, 0.6) is 28.7 Å². The molecule has 0 saturated heterocycles. The molecule has 0 bridgehead atoms. The maximum absolute atomic E-state index is 10.5. The van der Waals surface area contributed by atoms with Gasteiger partial charge in [0.25, 0.3) is 0 Å². The summed E-state index contributed by atoms with van der Waals surface area (Å²) in [6.07, 6.45) is 0. The van der Waals surface area contributed by atoms with Gasteiger partial charge in [0.05, 0.1) is 17.1 Å². The molecule has 4 aromatic rings. The molecule has 0 atom stereocenters. The van der Waals surface area contributed by atoms with Gasteiger partial charge < -0.3 is 25.0 Å². The SMILES string of the molecule is Cc1cc(Oc2ccccc2N(c2cc(O)cc(C)c2C)c2cc(O)cc(C)c2C)c(C)cc1O. The molecule has 0 aliphatic rings. The van der Waals surface area contributed by atoms with Gasteiger partial charge in [0, 0.05) is 12.1 Å². The zero-order valence-corrected chi connectivity index (χ0v) is 21.0. The lowest BCUT2D eigenvalue weighted by molar-refractivity contribution is 0.458. The average molecular weight is 470 g/mol. The molecule has 0 heterocycles. The summed E-state index contributed by atoms with van der Waals surface area (Å²) in [5, 5.41) is 31.1. The van der Waals surface area contributed by atoms with Gasteiger partial charge in [0.1, 0.15) is 23.0 Å². The van der Waals surface area contributed by atoms with Crippen LogP contribution in [0.2, 0.25) is 0 Å². The van der Waals surface area contributed by atoms with Gasteiger partial charge in [-0.05, 0) is 111 Å². The van der Waals surface area contributed by atoms with Crippen molar-refractivity contribution < 1.29 is 20.1 Å². The van der Waals surface area contributed by atoms with Crippen molar-refractivity contribution in [3.8, 4) is 28.7 Å². The maximum atomic E-state index is 10.5. The van der Waals surface area contributed by atoms with Gasteiger partial charge in [-0.15, -0.1) is 0 Å². The second-order valence-corrected chi connectivity index (χ2v) is 9.12. The lowest BCUT2D eigenvalue weighted by atomic mass is 10.0. The van der Waals surface area contributed by atoms with Gasteiger partial charge >= 0.3 is 0 Å². The Bertz CT molecular complexity index is 1370. The Hall–Kier alpha value is -4.12. The molecule has 3 N–H and O–H groups in total. The van der Waals surface area contributed by atoms with Crippen molar-refractivity contribution in [1.82, 2.24) is 0 Å². The normalized spacial score (nSPS) is 10.9. The molecular formula is C30H31NO4. The third kappa shape index (κ3) is 4.62. The largest absolute Gasteiger partial charge is 0.508 e. The van der Waals surface area contributed by atoms with Crippen LogP contribution in [0, 0.1) is 41.5 Å². The number of ether oxygens (including phenoxy) is 1. The van der Waals surface area contributed by atoms with Crippen LogP contribution in [-0.4, -0.2) is 15.3 Å². The summed E-state index contributed by atoms with van der Waals surface area (Å²) in [7, 11) is 0. The van der Waals surface area contributed by atoms with Crippen LogP contribution in [0.3, 0.4) is 0 Å². The van der Waals surface area contributed by atoms with E-state index in [-0.39, 0.29) is 17.2 Å². The van der Waals surface area contributed by atoms with Crippen LogP contribution >= 0.6 is 0 Å². The molecule has 5 heteroatoms. The summed E-state index contributed by atoms with van der Waals surface area (Å²) in [6, 6.07) is 18.1. The fraction of sp³-hybridized carbons (Fsp3) is 0.200. The standard InChI is InChI=1S/C30H31NO4/c1-17-11-23(32)15-26(21(17)5)31(27-16-24(33)12-18(2)22(27)6)25-9-7-8-10-29(25)35-30-14-19(3)28(34)13-20(30)4/h7-16,32-34H,1-6H3. The number of phenolic OH excluding ortho intramolecular Hbond substituents is 3. The van der Waals surface area contributed by atoms with E-state index in [4.69, 9.17) is 4.74 Å². The maximum Gasteiger partial charge on any atom is 0.151 e. The van der Waals surface area contributed by atoms with Crippen molar-refractivity contribution >= 4 is 17.1 Å². The highest BCUT2D eigenvalue weighted by atomic mass is 16.5. The molecule has 4 aromatic carbocycles. The van der Waals surface area contributed by atoms with E-state index >= 15 is 0 Å². The van der Waals surface area contributed by atoms with Gasteiger partial charge in [-0.3, -0.25) is 0 Å². The van der Waals surface area contributed by atoms with Gasteiger partial charge in [-0.25, -0.2) is 0 Å². The predicted molar refractivity (Wildman–Crippen MR) is 141 cm³/mol. The molecule has 4 rings (SSSR count). The molecule has 5 nitrogen and oxygen atoms in total. The average Bonchev–Trinajstić information content (AvgIpc) is 2.79. The van der Waals surface area contributed by atoms with E-state index in [2.05, 4.69) is 0 Å². The quantitative estimate of drug-likeness (QED) is 0.277. The first-order valence-electron chi connectivity index (χ1n) is 11.5. The Balaban J connectivity index is 1.99. The molecule has 180 valence electrons. The second kappa shape index (κ2) is 9.26. The van der Waals surface area contributed by atoms with E-state index in [0.29, 0.717) is 11.5 Å². The van der Waals surface area contributed by atoms with Crippen LogP contribution < -0.4 is 9.64 Å². The van der Waals surface area contributed by atoms with Gasteiger partial charge in [0.15, 0.2) is 5.75 Å². The summed E-state index contributed by atoms with van der Waals surface area (Å²) in [5.41, 5.74) is 7.73. The van der Waals surface area contributed by atoms with Gasteiger partial charge in [-0.2, -0.15) is 0 Å². The Morgan fingerprint density at radius 3 is 1.66 bits per heavy atom. The number of anilines is 3. The van der Waals surface area contributed by atoms with E-state index in [1.807, 2.05) is 76.8 Å². The lowest BCUT2D eigenvalue weighted by Crippen LogP contribution is -2.14. The van der Waals surface area contributed by atoms with E-state index < -0.39 is 0 Å². The number of rotatable bonds is 5. The molecular weight excluding hydrogens is 438 g/mol. The topological polar surface area (TPSA) is 73.2 Å². The highest BCUT2D eigenvalue weighted by molar-refractivity contribution is 5.85. The van der Waals surface area contributed by atoms with Crippen LogP contribution in [0.1, 0.15) is 33.4 Å². The summed E-state index contributed by atoms with van der Waals surface area (Å²) in [4.78, 5) is 2.02. The number of phenols is 3. The molecule has 0 aliphatic carbocycles. The summed E-state index contributed by atoms with van der Waals surface area (Å²) < 4.78 is 6.42. The van der Waals surface area contributed by atoms with E-state index in [1.165, 1.54) is 0 Å². The third-order valence-corrected chi connectivity index (χ3v) is 6.55. The molecule has 0 unspecified atom stereocenters. The number of hydrogen-bond acceptors (Lipinski definition) is 5. The minimum absolute atomic E-state index is 0.158. The molecule has 0 aromatic heterocycles. The monoisotopic (exact) mass is 469 g/mol. The predicted octanol–water partition coefficient (Wildman–Crippen LogP) is 7.92. The van der Waals surface area contributed by atoms with E-state index in [9.17, 15) is 15.3 Å².